The fourth-order valence-corrected chi connectivity index (χ4v) is 2.03. The van der Waals surface area contributed by atoms with Gasteiger partial charge in [-0.25, -0.2) is 0 Å². The molecule has 0 fully saturated rings. The predicted octanol–water partition coefficient (Wildman–Crippen LogP) is 2.76. The third kappa shape index (κ3) is 2.25. The normalized spacial score (nSPS) is 10.1. The molecule has 16 heavy (non-hydrogen) atoms. The second-order valence-corrected chi connectivity index (χ2v) is 4.55. The van der Waals surface area contributed by atoms with E-state index in [0.717, 1.165) is 20.9 Å². The number of hydrazine groups is 1. The molecule has 0 bridgehead atoms. The maximum Gasteiger partial charge on any atom is 0.182 e. The number of halogens is 1. The Hall–Kier alpha value is -1.33. The maximum atomic E-state index is 5.36. The molecular weight excluding hydrogens is 286 g/mol. The van der Waals surface area contributed by atoms with Gasteiger partial charge in [-0.3, -0.25) is 10.9 Å². The average Bonchev–Trinajstić information content (AvgIpc) is 2.28. The van der Waals surface area contributed by atoms with Gasteiger partial charge in [0.1, 0.15) is 0 Å². The predicted molar refractivity (Wildman–Crippen MR) is 75.2 cm³/mol. The summed E-state index contributed by atoms with van der Waals surface area (Å²) in [5.41, 5.74) is 12.0. The molecule has 5 heteroatoms. The first-order valence-corrected chi connectivity index (χ1v) is 5.87. The standard InChI is InChI=1S/C11H10BrN3S/c12-9-5-6-10(14-15-11(13)16)8-4-2-1-3-7(8)9/h1-6,14H,(H3,13,15,16). The summed E-state index contributed by atoms with van der Waals surface area (Å²) in [5, 5.41) is 2.45. The molecule has 0 unspecified atom stereocenters. The number of nitrogens with two attached hydrogens (primary N) is 1. The SMILES string of the molecule is NC(=S)NNc1ccc(Br)c2ccccc12. The number of nitrogens with one attached hydrogen (secondary N) is 2. The molecule has 0 atom stereocenters. The van der Waals surface area contributed by atoms with Crippen LogP contribution in [-0.2, 0) is 0 Å². The molecule has 0 aliphatic heterocycles. The van der Waals surface area contributed by atoms with E-state index in [2.05, 4.69) is 26.8 Å². The van der Waals surface area contributed by atoms with Gasteiger partial charge in [0, 0.05) is 9.86 Å². The zero-order valence-corrected chi connectivity index (χ0v) is 10.7. The molecule has 0 radical (unpaired) electrons. The Kier molecular flexibility index (Phi) is 3.26. The Balaban J connectivity index is 2.46. The van der Waals surface area contributed by atoms with E-state index in [1.165, 1.54) is 0 Å². The van der Waals surface area contributed by atoms with Gasteiger partial charge in [0.15, 0.2) is 5.11 Å². The van der Waals surface area contributed by atoms with E-state index in [1.54, 1.807) is 0 Å². The molecular formula is C11H10BrN3S. The number of anilines is 1. The summed E-state index contributed by atoms with van der Waals surface area (Å²) in [7, 11) is 0. The van der Waals surface area contributed by atoms with Crippen molar-refractivity contribution in [3.8, 4) is 0 Å². The zero-order valence-electron chi connectivity index (χ0n) is 8.33. The monoisotopic (exact) mass is 295 g/mol. The molecule has 2 aromatic rings. The molecule has 2 aromatic carbocycles. The largest absolute Gasteiger partial charge is 0.375 e. The molecule has 0 saturated carbocycles. The number of benzene rings is 2. The Morgan fingerprint density at radius 2 is 1.81 bits per heavy atom. The van der Waals surface area contributed by atoms with E-state index in [9.17, 15) is 0 Å². The molecule has 82 valence electrons. The Morgan fingerprint density at radius 3 is 2.50 bits per heavy atom. The smallest absolute Gasteiger partial charge is 0.182 e. The second-order valence-electron chi connectivity index (χ2n) is 3.25. The van der Waals surface area contributed by atoms with Crippen molar-refractivity contribution < 1.29 is 0 Å². The number of hydrogen-bond acceptors (Lipinski definition) is 2. The lowest BCUT2D eigenvalue weighted by Crippen LogP contribution is -2.33. The molecule has 0 aromatic heterocycles. The molecule has 4 N–H and O–H groups in total. The van der Waals surface area contributed by atoms with Crippen LogP contribution in [0, 0.1) is 0 Å². The summed E-state index contributed by atoms with van der Waals surface area (Å²) in [4.78, 5) is 0. The van der Waals surface area contributed by atoms with Crippen LogP contribution in [0.1, 0.15) is 0 Å². The fraction of sp³-hybridized carbons (Fsp3) is 0. The third-order valence-corrected chi connectivity index (χ3v) is 2.98. The van der Waals surface area contributed by atoms with Crippen LogP contribution in [0.15, 0.2) is 40.9 Å². The zero-order chi connectivity index (χ0) is 11.5. The Labute approximate surface area is 107 Å². The number of thiocarbonyl (C=S) groups is 1. The van der Waals surface area contributed by atoms with Crippen LogP contribution in [-0.4, -0.2) is 5.11 Å². The van der Waals surface area contributed by atoms with Crippen molar-refractivity contribution in [1.82, 2.24) is 5.43 Å². The first-order valence-electron chi connectivity index (χ1n) is 4.67. The highest BCUT2D eigenvalue weighted by Crippen LogP contribution is 2.29. The molecule has 3 nitrogen and oxygen atoms in total. The molecule has 2 rings (SSSR count). The van der Waals surface area contributed by atoms with Crippen molar-refractivity contribution in [3.05, 3.63) is 40.9 Å². The molecule has 0 spiro atoms. The van der Waals surface area contributed by atoms with Crippen molar-refractivity contribution in [1.29, 1.82) is 0 Å². The average molecular weight is 296 g/mol. The number of hydrogen-bond donors (Lipinski definition) is 3. The van der Waals surface area contributed by atoms with Gasteiger partial charge < -0.3 is 5.73 Å². The van der Waals surface area contributed by atoms with Gasteiger partial charge in [0.25, 0.3) is 0 Å². The summed E-state index contributed by atoms with van der Waals surface area (Å²) in [5.74, 6) is 0. The van der Waals surface area contributed by atoms with Gasteiger partial charge in [0.05, 0.1) is 5.69 Å². The molecule has 0 heterocycles. The van der Waals surface area contributed by atoms with E-state index in [0.29, 0.717) is 0 Å². The minimum Gasteiger partial charge on any atom is -0.375 e. The van der Waals surface area contributed by atoms with Crippen LogP contribution in [0.25, 0.3) is 10.8 Å². The van der Waals surface area contributed by atoms with Crippen molar-refractivity contribution in [2.45, 2.75) is 0 Å². The van der Waals surface area contributed by atoms with Crippen molar-refractivity contribution in [2.75, 3.05) is 5.43 Å². The highest BCUT2D eigenvalue weighted by atomic mass is 79.9. The first-order chi connectivity index (χ1) is 7.68. The van der Waals surface area contributed by atoms with Gasteiger partial charge in [-0.05, 0) is 29.7 Å². The van der Waals surface area contributed by atoms with Gasteiger partial charge in [-0.15, -0.1) is 0 Å². The van der Waals surface area contributed by atoms with E-state index >= 15 is 0 Å². The molecule has 0 amide bonds. The molecule has 0 aliphatic rings. The van der Waals surface area contributed by atoms with E-state index in [-0.39, 0.29) is 5.11 Å². The highest BCUT2D eigenvalue weighted by Gasteiger charge is 2.02. The summed E-state index contributed by atoms with van der Waals surface area (Å²) in [6.45, 7) is 0. The van der Waals surface area contributed by atoms with Crippen LogP contribution in [0.3, 0.4) is 0 Å². The van der Waals surface area contributed by atoms with Gasteiger partial charge in [0.2, 0.25) is 0 Å². The number of fused-ring (bicyclic) bond motifs is 1. The summed E-state index contributed by atoms with van der Waals surface area (Å²) in [6, 6.07) is 12.0. The van der Waals surface area contributed by atoms with Gasteiger partial charge in [-0.1, -0.05) is 40.2 Å². The molecule has 0 saturated heterocycles. The lowest BCUT2D eigenvalue weighted by atomic mass is 10.1. The van der Waals surface area contributed by atoms with Crippen LogP contribution in [0.2, 0.25) is 0 Å². The quantitative estimate of drug-likeness (QED) is 0.589. The van der Waals surface area contributed by atoms with Gasteiger partial charge in [-0.2, -0.15) is 0 Å². The van der Waals surface area contributed by atoms with Crippen molar-refractivity contribution in [3.63, 3.8) is 0 Å². The van der Waals surface area contributed by atoms with Crippen LogP contribution < -0.4 is 16.6 Å². The maximum absolute atomic E-state index is 5.36. The highest BCUT2D eigenvalue weighted by molar-refractivity contribution is 9.10. The van der Waals surface area contributed by atoms with Crippen LogP contribution in [0.5, 0.6) is 0 Å². The van der Waals surface area contributed by atoms with Crippen LogP contribution in [0.4, 0.5) is 5.69 Å². The Bertz CT molecular complexity index is 542. The van der Waals surface area contributed by atoms with Crippen LogP contribution >= 0.6 is 28.1 Å². The van der Waals surface area contributed by atoms with Crippen molar-refractivity contribution >= 4 is 49.7 Å². The third-order valence-electron chi connectivity index (χ3n) is 2.19. The van der Waals surface area contributed by atoms with Crippen molar-refractivity contribution in [2.24, 2.45) is 5.73 Å². The fourth-order valence-electron chi connectivity index (χ4n) is 1.50. The minimum atomic E-state index is 0.215. The lowest BCUT2D eigenvalue weighted by molar-refractivity contribution is 1.13. The number of rotatable bonds is 2. The topological polar surface area (TPSA) is 50.1 Å². The van der Waals surface area contributed by atoms with Gasteiger partial charge >= 0.3 is 0 Å². The second kappa shape index (κ2) is 4.67. The Morgan fingerprint density at radius 1 is 1.12 bits per heavy atom. The van der Waals surface area contributed by atoms with E-state index in [1.807, 2.05) is 36.4 Å². The summed E-state index contributed by atoms with van der Waals surface area (Å²) in [6.07, 6.45) is 0. The van der Waals surface area contributed by atoms with E-state index < -0.39 is 0 Å². The first kappa shape index (κ1) is 11.2. The minimum absolute atomic E-state index is 0.215. The summed E-state index contributed by atoms with van der Waals surface area (Å²) < 4.78 is 1.06. The lowest BCUT2D eigenvalue weighted by Gasteiger charge is -2.11. The summed E-state index contributed by atoms with van der Waals surface area (Å²) >= 11 is 8.25. The molecule has 0 aliphatic carbocycles. The van der Waals surface area contributed by atoms with E-state index in [4.69, 9.17) is 18.0 Å².